The molecule has 0 unspecified atom stereocenters. The second-order valence-corrected chi connectivity index (χ2v) is 6.28. The van der Waals surface area contributed by atoms with E-state index in [9.17, 15) is 13.2 Å². The number of thiazole rings is 1. The van der Waals surface area contributed by atoms with Crippen molar-refractivity contribution in [1.29, 1.82) is 0 Å². The van der Waals surface area contributed by atoms with Gasteiger partial charge in [-0.15, -0.1) is 11.3 Å². The highest BCUT2D eigenvalue weighted by Crippen LogP contribution is 2.16. The molecule has 0 aromatic carbocycles. The number of anilines is 1. The number of rotatable bonds is 8. The van der Waals surface area contributed by atoms with E-state index in [2.05, 4.69) is 10.3 Å². The molecule has 7 nitrogen and oxygen atoms in total. The predicted molar refractivity (Wildman–Crippen MR) is 69.2 cm³/mol. The summed E-state index contributed by atoms with van der Waals surface area (Å²) in [6.07, 6.45) is 0.849. The van der Waals surface area contributed by atoms with Gasteiger partial charge in [0.1, 0.15) is 0 Å². The standard InChI is InChI=1S/C9H15N3O4S2/c10-18(15,16)5-1-4-11-9-12-7(6-17-9)2-3-8(13)14/h6H,1-5H2,(H,11,12)(H,13,14)(H2,10,15,16). The Labute approximate surface area is 109 Å². The van der Waals surface area contributed by atoms with Crippen molar-refractivity contribution >= 4 is 32.5 Å². The molecule has 4 N–H and O–H groups in total. The molecule has 18 heavy (non-hydrogen) atoms. The Kier molecular flexibility index (Phi) is 5.51. The molecule has 0 saturated carbocycles. The fraction of sp³-hybridized carbons (Fsp3) is 0.556. The van der Waals surface area contributed by atoms with Gasteiger partial charge in [-0.2, -0.15) is 0 Å². The first-order chi connectivity index (χ1) is 8.37. The molecule has 0 aliphatic heterocycles. The Bertz CT molecular complexity index is 498. The number of carboxylic acid groups (broad SMARTS) is 1. The number of aromatic nitrogens is 1. The molecule has 0 amide bonds. The maximum atomic E-state index is 10.7. The van der Waals surface area contributed by atoms with Crippen molar-refractivity contribution in [3.05, 3.63) is 11.1 Å². The average molecular weight is 293 g/mol. The van der Waals surface area contributed by atoms with E-state index in [1.165, 1.54) is 11.3 Å². The van der Waals surface area contributed by atoms with Crippen LogP contribution in [0.5, 0.6) is 0 Å². The predicted octanol–water partition coefficient (Wildman–Crippen LogP) is 0.251. The molecule has 1 aromatic rings. The number of sulfonamides is 1. The number of carbonyl (C=O) groups is 1. The number of hydrogen-bond donors (Lipinski definition) is 3. The highest BCUT2D eigenvalue weighted by Gasteiger charge is 2.05. The van der Waals surface area contributed by atoms with E-state index in [1.807, 2.05) is 0 Å². The first-order valence-electron chi connectivity index (χ1n) is 5.27. The van der Waals surface area contributed by atoms with Gasteiger partial charge < -0.3 is 10.4 Å². The normalized spacial score (nSPS) is 11.4. The van der Waals surface area contributed by atoms with Crippen LogP contribution < -0.4 is 10.5 Å². The van der Waals surface area contributed by atoms with Crippen LogP contribution in [-0.4, -0.2) is 36.8 Å². The smallest absolute Gasteiger partial charge is 0.303 e. The second-order valence-electron chi connectivity index (χ2n) is 3.69. The lowest BCUT2D eigenvalue weighted by Crippen LogP contribution is -2.18. The van der Waals surface area contributed by atoms with Crippen molar-refractivity contribution < 1.29 is 18.3 Å². The minimum Gasteiger partial charge on any atom is -0.481 e. The average Bonchev–Trinajstić information content (AvgIpc) is 2.68. The Morgan fingerprint density at radius 3 is 2.89 bits per heavy atom. The van der Waals surface area contributed by atoms with Crippen LogP contribution in [0.2, 0.25) is 0 Å². The number of primary sulfonamides is 1. The molecule has 1 aromatic heterocycles. The van der Waals surface area contributed by atoms with Crippen molar-refractivity contribution in [2.45, 2.75) is 19.3 Å². The Balaban J connectivity index is 2.29. The number of carboxylic acids is 1. The number of hydrogen-bond acceptors (Lipinski definition) is 6. The molecule has 102 valence electrons. The van der Waals surface area contributed by atoms with Crippen molar-refractivity contribution in [2.24, 2.45) is 5.14 Å². The maximum Gasteiger partial charge on any atom is 0.303 e. The largest absolute Gasteiger partial charge is 0.481 e. The third-order valence-corrected chi connectivity index (χ3v) is 3.74. The van der Waals surface area contributed by atoms with Gasteiger partial charge in [0.25, 0.3) is 0 Å². The van der Waals surface area contributed by atoms with Gasteiger partial charge in [0.15, 0.2) is 5.13 Å². The van der Waals surface area contributed by atoms with Crippen molar-refractivity contribution in [3.8, 4) is 0 Å². The fourth-order valence-electron chi connectivity index (χ4n) is 1.21. The zero-order valence-corrected chi connectivity index (χ0v) is 11.3. The highest BCUT2D eigenvalue weighted by molar-refractivity contribution is 7.89. The molecule has 0 aliphatic rings. The number of nitrogens with zero attached hydrogens (tertiary/aromatic N) is 1. The summed E-state index contributed by atoms with van der Waals surface area (Å²) in [4.78, 5) is 14.6. The van der Waals surface area contributed by atoms with Crippen LogP contribution in [0.3, 0.4) is 0 Å². The molecule has 0 aliphatic carbocycles. The molecular weight excluding hydrogens is 278 g/mol. The van der Waals surface area contributed by atoms with Crippen LogP contribution >= 0.6 is 11.3 Å². The van der Waals surface area contributed by atoms with Crippen LogP contribution in [0, 0.1) is 0 Å². The lowest BCUT2D eigenvalue weighted by atomic mass is 10.2. The Morgan fingerprint density at radius 1 is 1.56 bits per heavy atom. The van der Waals surface area contributed by atoms with Gasteiger partial charge in [-0.1, -0.05) is 0 Å². The van der Waals surface area contributed by atoms with E-state index in [1.54, 1.807) is 5.38 Å². The monoisotopic (exact) mass is 293 g/mol. The second kappa shape index (κ2) is 6.66. The summed E-state index contributed by atoms with van der Waals surface area (Å²) in [6.45, 7) is 0.461. The number of aliphatic carboxylic acids is 1. The number of nitrogens with one attached hydrogen (secondary N) is 1. The van der Waals surface area contributed by atoms with Crippen LogP contribution in [0.15, 0.2) is 5.38 Å². The quantitative estimate of drug-likeness (QED) is 0.590. The minimum absolute atomic E-state index is 0.0502. The van der Waals surface area contributed by atoms with E-state index in [-0.39, 0.29) is 12.2 Å². The van der Waals surface area contributed by atoms with E-state index in [0.717, 1.165) is 5.69 Å². The molecular formula is C9H15N3O4S2. The van der Waals surface area contributed by atoms with Crippen LogP contribution in [-0.2, 0) is 21.2 Å². The minimum atomic E-state index is -3.41. The van der Waals surface area contributed by atoms with Gasteiger partial charge in [0.05, 0.1) is 17.9 Å². The SMILES string of the molecule is NS(=O)(=O)CCCNc1nc(CCC(=O)O)cs1. The molecule has 0 fully saturated rings. The molecule has 0 bridgehead atoms. The summed E-state index contributed by atoms with van der Waals surface area (Å²) in [5.41, 5.74) is 0.719. The highest BCUT2D eigenvalue weighted by atomic mass is 32.2. The van der Waals surface area contributed by atoms with Crippen LogP contribution in [0.1, 0.15) is 18.5 Å². The Morgan fingerprint density at radius 2 is 2.28 bits per heavy atom. The molecule has 9 heteroatoms. The first kappa shape index (κ1) is 14.9. The third-order valence-electron chi connectivity index (χ3n) is 2.03. The van der Waals surface area contributed by atoms with Crippen LogP contribution in [0.4, 0.5) is 5.13 Å². The van der Waals surface area contributed by atoms with Crippen LogP contribution in [0.25, 0.3) is 0 Å². The molecule has 1 heterocycles. The van der Waals surface area contributed by atoms with E-state index < -0.39 is 16.0 Å². The van der Waals surface area contributed by atoms with Gasteiger partial charge in [-0.05, 0) is 6.42 Å². The summed E-state index contributed by atoms with van der Waals surface area (Å²) < 4.78 is 21.4. The topological polar surface area (TPSA) is 122 Å². The van der Waals surface area contributed by atoms with Gasteiger partial charge in [0.2, 0.25) is 10.0 Å². The molecule has 0 radical (unpaired) electrons. The van der Waals surface area contributed by atoms with Crippen molar-refractivity contribution in [3.63, 3.8) is 0 Å². The third kappa shape index (κ3) is 6.52. The van der Waals surface area contributed by atoms with Gasteiger partial charge >= 0.3 is 5.97 Å². The van der Waals surface area contributed by atoms with Gasteiger partial charge in [0, 0.05) is 18.3 Å². The number of aryl methyl sites for hydroxylation is 1. The Hall–Kier alpha value is -1.19. The molecule has 1 rings (SSSR count). The van der Waals surface area contributed by atoms with Gasteiger partial charge in [-0.25, -0.2) is 18.5 Å². The maximum absolute atomic E-state index is 10.7. The lowest BCUT2D eigenvalue weighted by Gasteiger charge is -2.01. The zero-order valence-electron chi connectivity index (χ0n) is 9.63. The molecule has 0 atom stereocenters. The summed E-state index contributed by atoms with van der Waals surface area (Å²) in [6, 6.07) is 0. The lowest BCUT2D eigenvalue weighted by molar-refractivity contribution is -0.136. The summed E-state index contributed by atoms with van der Waals surface area (Å²) in [5, 5.41) is 18.8. The summed E-state index contributed by atoms with van der Waals surface area (Å²) in [7, 11) is -3.41. The molecule has 0 spiro atoms. The first-order valence-corrected chi connectivity index (χ1v) is 7.87. The van der Waals surface area contributed by atoms with E-state index in [0.29, 0.717) is 24.5 Å². The fourth-order valence-corrected chi connectivity index (χ4v) is 2.53. The van der Waals surface area contributed by atoms with Gasteiger partial charge in [-0.3, -0.25) is 4.79 Å². The summed E-state index contributed by atoms with van der Waals surface area (Å²) in [5.74, 6) is -0.928. The molecule has 0 saturated heterocycles. The zero-order chi connectivity index (χ0) is 13.6. The number of nitrogens with two attached hydrogens (primary N) is 1. The van der Waals surface area contributed by atoms with E-state index in [4.69, 9.17) is 10.2 Å². The van der Waals surface area contributed by atoms with Crippen molar-refractivity contribution in [1.82, 2.24) is 4.98 Å². The summed E-state index contributed by atoms with van der Waals surface area (Å²) >= 11 is 1.36. The van der Waals surface area contributed by atoms with Crippen molar-refractivity contribution in [2.75, 3.05) is 17.6 Å². The van der Waals surface area contributed by atoms with E-state index >= 15 is 0 Å².